The molecular formula is C11H13BrN2O2. The van der Waals surface area contributed by atoms with Crippen LogP contribution in [-0.2, 0) is 4.74 Å². The molecule has 4 nitrogen and oxygen atoms in total. The van der Waals surface area contributed by atoms with Gasteiger partial charge in [0.05, 0.1) is 32.5 Å². The summed E-state index contributed by atoms with van der Waals surface area (Å²) in [5, 5.41) is 15.8. The number of hydrogen-bond donors (Lipinski definition) is 1. The third-order valence-electron chi connectivity index (χ3n) is 2.34. The zero-order valence-corrected chi connectivity index (χ0v) is 10.4. The predicted molar refractivity (Wildman–Crippen MR) is 65.8 cm³/mol. The topological polar surface area (TPSA) is 45.1 Å². The molecule has 0 atom stereocenters. The van der Waals surface area contributed by atoms with Crippen LogP contribution in [-0.4, -0.2) is 42.6 Å². The van der Waals surface area contributed by atoms with Crippen molar-refractivity contribution in [3.8, 4) is 5.75 Å². The zero-order chi connectivity index (χ0) is 11.4. The highest BCUT2D eigenvalue weighted by atomic mass is 79.9. The zero-order valence-electron chi connectivity index (χ0n) is 8.77. The normalized spacial score (nSPS) is 16.9. The van der Waals surface area contributed by atoms with Crippen molar-refractivity contribution in [1.29, 1.82) is 0 Å². The molecule has 0 aromatic heterocycles. The molecule has 1 saturated heterocycles. The van der Waals surface area contributed by atoms with Crippen LogP contribution in [0.25, 0.3) is 0 Å². The van der Waals surface area contributed by atoms with Crippen LogP contribution < -0.4 is 0 Å². The number of benzene rings is 1. The molecule has 1 heterocycles. The quantitative estimate of drug-likeness (QED) is 0.843. The van der Waals surface area contributed by atoms with Crippen molar-refractivity contribution in [2.75, 3.05) is 26.3 Å². The van der Waals surface area contributed by atoms with Gasteiger partial charge in [0.25, 0.3) is 0 Å². The Morgan fingerprint density at radius 3 is 2.88 bits per heavy atom. The molecule has 1 aromatic rings. The molecule has 1 aromatic carbocycles. The molecule has 1 fully saturated rings. The fourth-order valence-electron chi connectivity index (χ4n) is 1.44. The molecule has 0 spiro atoms. The first-order chi connectivity index (χ1) is 7.75. The lowest BCUT2D eigenvalue weighted by atomic mass is 10.2. The number of morpholine rings is 1. The molecule has 5 heteroatoms. The van der Waals surface area contributed by atoms with Gasteiger partial charge in [-0.05, 0) is 18.2 Å². The molecule has 1 aliphatic heterocycles. The van der Waals surface area contributed by atoms with Crippen LogP contribution in [0.4, 0.5) is 0 Å². The van der Waals surface area contributed by atoms with Gasteiger partial charge in [-0.1, -0.05) is 15.9 Å². The van der Waals surface area contributed by atoms with Crippen molar-refractivity contribution < 1.29 is 9.84 Å². The number of halogens is 1. The van der Waals surface area contributed by atoms with Crippen molar-refractivity contribution in [2.24, 2.45) is 5.10 Å². The van der Waals surface area contributed by atoms with Crippen LogP contribution >= 0.6 is 15.9 Å². The Bertz CT molecular complexity index is 390. The maximum absolute atomic E-state index is 9.61. The van der Waals surface area contributed by atoms with Crippen molar-refractivity contribution in [3.05, 3.63) is 28.2 Å². The minimum Gasteiger partial charge on any atom is -0.507 e. The van der Waals surface area contributed by atoms with E-state index >= 15 is 0 Å². The second kappa shape index (κ2) is 5.32. The van der Waals surface area contributed by atoms with Crippen molar-refractivity contribution in [2.45, 2.75) is 0 Å². The van der Waals surface area contributed by atoms with Crippen LogP contribution in [0.15, 0.2) is 27.8 Å². The van der Waals surface area contributed by atoms with E-state index in [4.69, 9.17) is 4.74 Å². The molecule has 0 saturated carbocycles. The Morgan fingerprint density at radius 1 is 1.38 bits per heavy atom. The van der Waals surface area contributed by atoms with Crippen LogP contribution in [0.2, 0.25) is 0 Å². The van der Waals surface area contributed by atoms with E-state index in [1.807, 2.05) is 11.1 Å². The summed E-state index contributed by atoms with van der Waals surface area (Å²) in [4.78, 5) is 0. The number of hydrogen-bond acceptors (Lipinski definition) is 4. The molecule has 0 aliphatic carbocycles. The molecule has 0 bridgehead atoms. The van der Waals surface area contributed by atoms with E-state index in [0.717, 1.165) is 17.6 Å². The number of phenolic OH excluding ortho intramolecular Hbond substituents is 1. The lowest BCUT2D eigenvalue weighted by Crippen LogP contribution is -2.32. The number of ether oxygens (including phenoxy) is 1. The van der Waals surface area contributed by atoms with Crippen LogP contribution in [0.1, 0.15) is 5.56 Å². The SMILES string of the molecule is Oc1ccc(Br)cc1C=NN1CCOCC1. The van der Waals surface area contributed by atoms with Gasteiger partial charge in [-0.15, -0.1) is 0 Å². The first-order valence-corrected chi connectivity index (χ1v) is 5.90. The lowest BCUT2D eigenvalue weighted by Gasteiger charge is -2.23. The van der Waals surface area contributed by atoms with Gasteiger partial charge in [-0.25, -0.2) is 0 Å². The van der Waals surface area contributed by atoms with Gasteiger partial charge in [0.1, 0.15) is 5.75 Å². The smallest absolute Gasteiger partial charge is 0.124 e. The lowest BCUT2D eigenvalue weighted by molar-refractivity contribution is 0.0397. The van der Waals surface area contributed by atoms with E-state index in [0.29, 0.717) is 18.8 Å². The Hall–Kier alpha value is -1.07. The summed E-state index contributed by atoms with van der Waals surface area (Å²) >= 11 is 3.36. The second-order valence-electron chi connectivity index (χ2n) is 3.51. The summed E-state index contributed by atoms with van der Waals surface area (Å²) in [6.07, 6.45) is 1.67. The number of nitrogens with zero attached hydrogens (tertiary/aromatic N) is 2. The first-order valence-electron chi connectivity index (χ1n) is 5.11. The van der Waals surface area contributed by atoms with Gasteiger partial charge in [-0.2, -0.15) is 5.10 Å². The van der Waals surface area contributed by atoms with Crippen LogP contribution in [0.3, 0.4) is 0 Å². The van der Waals surface area contributed by atoms with E-state index in [9.17, 15) is 5.11 Å². The van der Waals surface area contributed by atoms with E-state index < -0.39 is 0 Å². The highest BCUT2D eigenvalue weighted by Crippen LogP contribution is 2.20. The van der Waals surface area contributed by atoms with E-state index in [1.165, 1.54) is 0 Å². The van der Waals surface area contributed by atoms with Crippen molar-refractivity contribution >= 4 is 22.1 Å². The maximum atomic E-state index is 9.61. The average Bonchev–Trinajstić information content (AvgIpc) is 2.32. The molecular weight excluding hydrogens is 272 g/mol. The average molecular weight is 285 g/mol. The molecule has 1 N–H and O–H groups in total. The van der Waals surface area contributed by atoms with Gasteiger partial charge >= 0.3 is 0 Å². The van der Waals surface area contributed by atoms with Crippen molar-refractivity contribution in [3.63, 3.8) is 0 Å². The number of rotatable bonds is 2. The summed E-state index contributed by atoms with van der Waals surface area (Å²) < 4.78 is 6.15. The highest BCUT2D eigenvalue weighted by molar-refractivity contribution is 9.10. The number of phenols is 1. The summed E-state index contributed by atoms with van der Waals surface area (Å²) in [6, 6.07) is 5.27. The minimum absolute atomic E-state index is 0.236. The first kappa shape index (κ1) is 11.4. The monoisotopic (exact) mass is 284 g/mol. The predicted octanol–water partition coefficient (Wildman–Crippen LogP) is 1.82. The summed E-state index contributed by atoms with van der Waals surface area (Å²) in [7, 11) is 0. The Kier molecular flexibility index (Phi) is 3.79. The van der Waals surface area contributed by atoms with Crippen LogP contribution in [0, 0.1) is 0 Å². The number of aromatic hydroxyl groups is 1. The van der Waals surface area contributed by atoms with Gasteiger partial charge < -0.3 is 9.84 Å². The fraction of sp³-hybridized carbons (Fsp3) is 0.364. The molecule has 1 aliphatic rings. The van der Waals surface area contributed by atoms with Crippen LogP contribution in [0.5, 0.6) is 5.75 Å². The van der Waals surface area contributed by atoms with Crippen molar-refractivity contribution in [1.82, 2.24) is 5.01 Å². The van der Waals surface area contributed by atoms with E-state index in [-0.39, 0.29) is 5.75 Å². The molecule has 0 radical (unpaired) electrons. The molecule has 16 heavy (non-hydrogen) atoms. The molecule has 86 valence electrons. The maximum Gasteiger partial charge on any atom is 0.124 e. The van der Waals surface area contributed by atoms with Gasteiger partial charge in [0.15, 0.2) is 0 Å². The van der Waals surface area contributed by atoms with Gasteiger partial charge in [-0.3, -0.25) is 5.01 Å². The minimum atomic E-state index is 0.236. The summed E-state index contributed by atoms with van der Waals surface area (Å²) in [5.41, 5.74) is 0.709. The Morgan fingerprint density at radius 2 is 2.12 bits per heavy atom. The number of hydrazone groups is 1. The van der Waals surface area contributed by atoms with E-state index in [1.54, 1.807) is 18.3 Å². The third-order valence-corrected chi connectivity index (χ3v) is 2.83. The Labute approximate surface area is 103 Å². The summed E-state index contributed by atoms with van der Waals surface area (Å²) in [5.74, 6) is 0.236. The third kappa shape index (κ3) is 2.96. The molecule has 0 unspecified atom stereocenters. The highest BCUT2D eigenvalue weighted by Gasteiger charge is 2.06. The van der Waals surface area contributed by atoms with Gasteiger partial charge in [0.2, 0.25) is 0 Å². The molecule has 2 rings (SSSR count). The standard InChI is InChI=1S/C11H13BrN2O2/c12-10-1-2-11(15)9(7-10)8-13-14-3-5-16-6-4-14/h1-2,7-8,15H,3-6H2. The fourth-order valence-corrected chi connectivity index (χ4v) is 1.82. The second-order valence-corrected chi connectivity index (χ2v) is 4.43. The summed E-state index contributed by atoms with van der Waals surface area (Å²) in [6.45, 7) is 3.01. The van der Waals surface area contributed by atoms with Gasteiger partial charge in [0, 0.05) is 10.0 Å². The van der Waals surface area contributed by atoms with E-state index in [2.05, 4.69) is 21.0 Å². The molecule has 0 amide bonds. The largest absolute Gasteiger partial charge is 0.507 e. The Balaban J connectivity index is 2.07.